The van der Waals surface area contributed by atoms with Crippen molar-refractivity contribution < 1.29 is 4.79 Å². The van der Waals surface area contributed by atoms with E-state index in [-0.39, 0.29) is 18.1 Å². The molecule has 3 rings (SSSR count). The predicted molar refractivity (Wildman–Crippen MR) is 95.1 cm³/mol. The number of nitrogens with one attached hydrogen (secondary N) is 1. The Hall–Kier alpha value is -2.08. The number of imidazole rings is 1. The molecule has 0 aliphatic carbocycles. The van der Waals surface area contributed by atoms with Gasteiger partial charge in [-0.3, -0.25) is 13.9 Å². The van der Waals surface area contributed by atoms with Crippen molar-refractivity contribution in [2.24, 2.45) is 7.05 Å². The van der Waals surface area contributed by atoms with Gasteiger partial charge in [-0.15, -0.1) is 0 Å². The Bertz CT molecular complexity index is 756. The molecule has 2 heterocycles. The molecule has 1 aromatic carbocycles. The summed E-state index contributed by atoms with van der Waals surface area (Å²) in [5, 5.41) is 2.94. The molecule has 1 saturated heterocycles. The van der Waals surface area contributed by atoms with E-state index in [2.05, 4.69) is 10.2 Å². The van der Waals surface area contributed by atoms with Crippen molar-refractivity contribution in [1.29, 1.82) is 0 Å². The predicted octanol–water partition coefficient (Wildman–Crippen LogP) is 1.33. The van der Waals surface area contributed by atoms with Gasteiger partial charge in [0, 0.05) is 13.6 Å². The lowest BCUT2D eigenvalue weighted by Gasteiger charge is -2.26. The van der Waals surface area contributed by atoms with Crippen molar-refractivity contribution in [3.05, 3.63) is 34.7 Å². The number of likely N-dealkylation sites (tertiary alicyclic amines) is 1. The summed E-state index contributed by atoms with van der Waals surface area (Å²) in [6.07, 6.45) is 4.87. The highest BCUT2D eigenvalue weighted by Gasteiger charge is 2.13. The molecule has 0 radical (unpaired) electrons. The molecular weight excluding hydrogens is 304 g/mol. The van der Waals surface area contributed by atoms with Crippen molar-refractivity contribution in [3.8, 4) is 0 Å². The molecule has 0 bridgehead atoms. The SMILES string of the molecule is Cn1c(=O)n(CC(=O)NCCCN2CCCCC2)c2ccccc21. The van der Waals surface area contributed by atoms with Crippen LogP contribution in [0, 0.1) is 0 Å². The molecule has 0 spiro atoms. The number of piperidine rings is 1. The van der Waals surface area contributed by atoms with Gasteiger partial charge in [0.25, 0.3) is 0 Å². The summed E-state index contributed by atoms with van der Waals surface area (Å²) in [4.78, 5) is 26.9. The molecule has 24 heavy (non-hydrogen) atoms. The number of hydrogen-bond donors (Lipinski definition) is 1. The molecule has 6 heteroatoms. The summed E-state index contributed by atoms with van der Waals surface area (Å²) < 4.78 is 3.12. The van der Waals surface area contributed by atoms with Crippen molar-refractivity contribution in [2.75, 3.05) is 26.2 Å². The van der Waals surface area contributed by atoms with E-state index in [4.69, 9.17) is 0 Å². The first kappa shape index (κ1) is 16.8. The number of carbonyl (C=O) groups is 1. The highest BCUT2D eigenvalue weighted by Crippen LogP contribution is 2.11. The minimum Gasteiger partial charge on any atom is -0.354 e. The number of nitrogens with zero attached hydrogens (tertiary/aromatic N) is 3. The maximum absolute atomic E-state index is 12.3. The van der Waals surface area contributed by atoms with Gasteiger partial charge in [0.2, 0.25) is 5.91 Å². The van der Waals surface area contributed by atoms with Gasteiger partial charge < -0.3 is 10.2 Å². The monoisotopic (exact) mass is 330 g/mol. The Morgan fingerprint density at radius 1 is 1.12 bits per heavy atom. The van der Waals surface area contributed by atoms with Crippen LogP contribution >= 0.6 is 0 Å². The van der Waals surface area contributed by atoms with E-state index in [0.717, 1.165) is 24.0 Å². The number of fused-ring (bicyclic) bond motifs is 1. The molecule has 1 N–H and O–H groups in total. The van der Waals surface area contributed by atoms with Crippen LogP contribution in [0.5, 0.6) is 0 Å². The Labute approximate surface area is 142 Å². The van der Waals surface area contributed by atoms with Gasteiger partial charge in [-0.05, 0) is 51.0 Å². The third-order valence-corrected chi connectivity index (χ3v) is 4.78. The van der Waals surface area contributed by atoms with Crippen LogP contribution in [0.2, 0.25) is 0 Å². The van der Waals surface area contributed by atoms with Crippen LogP contribution in [0.25, 0.3) is 11.0 Å². The van der Waals surface area contributed by atoms with Crippen molar-refractivity contribution in [1.82, 2.24) is 19.4 Å². The molecule has 6 nitrogen and oxygen atoms in total. The zero-order valence-corrected chi connectivity index (χ0v) is 14.3. The van der Waals surface area contributed by atoms with Gasteiger partial charge >= 0.3 is 5.69 Å². The summed E-state index contributed by atoms with van der Waals surface area (Å²) >= 11 is 0. The lowest BCUT2D eigenvalue weighted by atomic mass is 10.1. The summed E-state index contributed by atoms with van der Waals surface area (Å²) in [5.41, 5.74) is 1.49. The molecular formula is C18H26N4O2. The Balaban J connectivity index is 1.52. The van der Waals surface area contributed by atoms with Crippen LogP contribution < -0.4 is 11.0 Å². The first-order valence-electron chi connectivity index (χ1n) is 8.80. The van der Waals surface area contributed by atoms with E-state index in [1.54, 1.807) is 11.6 Å². The van der Waals surface area contributed by atoms with E-state index in [1.165, 1.54) is 36.9 Å². The van der Waals surface area contributed by atoms with Gasteiger partial charge in [-0.2, -0.15) is 0 Å². The van der Waals surface area contributed by atoms with Crippen LogP contribution in [-0.4, -0.2) is 46.1 Å². The largest absolute Gasteiger partial charge is 0.354 e. The van der Waals surface area contributed by atoms with Gasteiger partial charge in [0.15, 0.2) is 0 Å². The second kappa shape index (κ2) is 7.66. The number of para-hydroxylation sites is 2. The number of amides is 1. The van der Waals surface area contributed by atoms with Crippen LogP contribution in [0.1, 0.15) is 25.7 Å². The third-order valence-electron chi connectivity index (χ3n) is 4.78. The Morgan fingerprint density at radius 3 is 2.58 bits per heavy atom. The molecule has 0 atom stereocenters. The zero-order chi connectivity index (χ0) is 16.9. The fourth-order valence-corrected chi connectivity index (χ4v) is 3.43. The van der Waals surface area contributed by atoms with Crippen molar-refractivity contribution in [2.45, 2.75) is 32.2 Å². The Morgan fingerprint density at radius 2 is 1.83 bits per heavy atom. The second-order valence-electron chi connectivity index (χ2n) is 6.52. The summed E-state index contributed by atoms with van der Waals surface area (Å²) in [6.45, 7) is 4.13. The van der Waals surface area contributed by atoms with E-state index in [1.807, 2.05) is 24.3 Å². The highest BCUT2D eigenvalue weighted by atomic mass is 16.2. The lowest BCUT2D eigenvalue weighted by Crippen LogP contribution is -2.35. The number of benzene rings is 1. The molecule has 0 unspecified atom stereocenters. The second-order valence-corrected chi connectivity index (χ2v) is 6.52. The number of aryl methyl sites for hydroxylation is 1. The number of rotatable bonds is 6. The van der Waals surface area contributed by atoms with Crippen molar-refractivity contribution >= 4 is 16.9 Å². The summed E-state index contributed by atoms with van der Waals surface area (Å²) in [7, 11) is 1.73. The Kier molecular flexibility index (Phi) is 5.35. The lowest BCUT2D eigenvalue weighted by molar-refractivity contribution is -0.121. The molecule has 1 amide bonds. The minimum atomic E-state index is -0.153. The number of hydrogen-bond acceptors (Lipinski definition) is 3. The molecule has 1 aliphatic heterocycles. The average Bonchev–Trinajstić information content (AvgIpc) is 2.85. The van der Waals surface area contributed by atoms with Gasteiger partial charge in [0.1, 0.15) is 6.54 Å². The van der Waals surface area contributed by atoms with E-state index < -0.39 is 0 Å². The first-order chi connectivity index (χ1) is 11.7. The smallest absolute Gasteiger partial charge is 0.329 e. The van der Waals surface area contributed by atoms with Gasteiger partial charge in [0.05, 0.1) is 11.0 Å². The molecule has 1 aromatic heterocycles. The first-order valence-corrected chi connectivity index (χ1v) is 8.80. The van der Waals surface area contributed by atoms with Crippen LogP contribution in [-0.2, 0) is 18.4 Å². The van der Waals surface area contributed by atoms with E-state index in [0.29, 0.717) is 6.54 Å². The molecule has 130 valence electrons. The van der Waals surface area contributed by atoms with Crippen molar-refractivity contribution in [3.63, 3.8) is 0 Å². The van der Waals surface area contributed by atoms with E-state index >= 15 is 0 Å². The zero-order valence-electron chi connectivity index (χ0n) is 14.3. The minimum absolute atomic E-state index is 0.0733. The fourth-order valence-electron chi connectivity index (χ4n) is 3.43. The van der Waals surface area contributed by atoms with Crippen LogP contribution in [0.4, 0.5) is 0 Å². The van der Waals surface area contributed by atoms with E-state index in [9.17, 15) is 9.59 Å². The standard InChI is InChI=1S/C18H26N4O2/c1-20-15-8-3-4-9-16(15)22(18(20)24)14-17(23)19-10-7-13-21-11-5-2-6-12-21/h3-4,8-9H,2,5-7,10-14H2,1H3,(H,19,23). The summed E-state index contributed by atoms with van der Waals surface area (Å²) in [6, 6.07) is 7.55. The molecule has 1 aliphatic rings. The third kappa shape index (κ3) is 3.70. The normalized spacial score (nSPS) is 15.7. The quantitative estimate of drug-likeness (QED) is 0.813. The number of aromatic nitrogens is 2. The highest BCUT2D eigenvalue weighted by molar-refractivity contribution is 5.80. The molecule has 0 saturated carbocycles. The van der Waals surface area contributed by atoms with Crippen LogP contribution in [0.15, 0.2) is 29.1 Å². The molecule has 1 fully saturated rings. The maximum Gasteiger partial charge on any atom is 0.329 e. The van der Waals surface area contributed by atoms with Crippen LogP contribution in [0.3, 0.4) is 0 Å². The topological polar surface area (TPSA) is 59.3 Å². The average molecular weight is 330 g/mol. The maximum atomic E-state index is 12.3. The molecule has 2 aromatic rings. The number of carbonyl (C=O) groups excluding carboxylic acids is 1. The fraction of sp³-hybridized carbons (Fsp3) is 0.556. The van der Waals surface area contributed by atoms with Gasteiger partial charge in [-0.1, -0.05) is 18.6 Å². The summed E-state index contributed by atoms with van der Waals surface area (Å²) in [5.74, 6) is -0.105. The van der Waals surface area contributed by atoms with Gasteiger partial charge in [-0.25, -0.2) is 4.79 Å².